The predicted octanol–water partition coefficient (Wildman–Crippen LogP) is 3.01. The van der Waals surface area contributed by atoms with Crippen molar-refractivity contribution in [3.63, 3.8) is 0 Å². The Labute approximate surface area is 166 Å². The van der Waals surface area contributed by atoms with Crippen LogP contribution in [0.4, 0.5) is 0 Å². The molecule has 150 valence electrons. The summed E-state index contributed by atoms with van der Waals surface area (Å²) >= 11 is 0. The van der Waals surface area contributed by atoms with Gasteiger partial charge in [0.05, 0.1) is 6.61 Å². The molecule has 2 aromatic carbocycles. The van der Waals surface area contributed by atoms with Crippen molar-refractivity contribution in [1.82, 2.24) is 5.32 Å². The monoisotopic (exact) mass is 395 g/mol. The summed E-state index contributed by atoms with van der Waals surface area (Å²) in [5, 5.41) is 12.0. The standard InChI is InChI=1S/C22H21NO6/c24-20(25)7-4-12-28-17-9-8-16-13-18(22(27)29-19(16)14-17)21(26)23-11-10-15-5-2-1-3-6-15/h1-3,5-6,8-9,13-14H,4,7,10-12H2,(H,23,26)(H,24,25). The van der Waals surface area contributed by atoms with Crippen molar-refractivity contribution >= 4 is 22.8 Å². The van der Waals surface area contributed by atoms with E-state index in [1.54, 1.807) is 18.2 Å². The van der Waals surface area contributed by atoms with Crippen LogP contribution in [-0.4, -0.2) is 30.1 Å². The van der Waals surface area contributed by atoms with E-state index in [9.17, 15) is 14.4 Å². The SMILES string of the molecule is O=C(O)CCCOc1ccc2cc(C(=O)NCCc3ccccc3)c(=O)oc2c1. The molecule has 7 nitrogen and oxygen atoms in total. The Morgan fingerprint density at radius 1 is 1.07 bits per heavy atom. The largest absolute Gasteiger partial charge is 0.493 e. The molecule has 1 amide bonds. The van der Waals surface area contributed by atoms with Crippen LogP contribution in [0.5, 0.6) is 5.75 Å². The number of amides is 1. The molecule has 0 atom stereocenters. The zero-order valence-electron chi connectivity index (χ0n) is 15.7. The Kier molecular flexibility index (Phi) is 6.63. The Hall–Kier alpha value is -3.61. The number of hydrogen-bond donors (Lipinski definition) is 2. The summed E-state index contributed by atoms with van der Waals surface area (Å²) in [6.07, 6.45) is 1.05. The van der Waals surface area contributed by atoms with Gasteiger partial charge in [-0.05, 0) is 36.6 Å². The number of hydrogen-bond acceptors (Lipinski definition) is 5. The molecule has 2 N–H and O–H groups in total. The predicted molar refractivity (Wildman–Crippen MR) is 107 cm³/mol. The van der Waals surface area contributed by atoms with Crippen LogP contribution in [0.1, 0.15) is 28.8 Å². The van der Waals surface area contributed by atoms with Gasteiger partial charge in [-0.1, -0.05) is 30.3 Å². The van der Waals surface area contributed by atoms with Gasteiger partial charge in [0.1, 0.15) is 16.9 Å². The number of carboxylic acid groups (broad SMARTS) is 1. The van der Waals surface area contributed by atoms with E-state index in [0.29, 0.717) is 36.1 Å². The molecule has 0 aliphatic heterocycles. The second-order valence-corrected chi connectivity index (χ2v) is 6.48. The van der Waals surface area contributed by atoms with Gasteiger partial charge in [0.15, 0.2) is 0 Å². The quantitative estimate of drug-likeness (QED) is 0.426. The van der Waals surface area contributed by atoms with E-state index in [0.717, 1.165) is 5.56 Å². The molecule has 0 spiro atoms. The minimum Gasteiger partial charge on any atom is -0.493 e. The zero-order valence-corrected chi connectivity index (χ0v) is 15.7. The Morgan fingerprint density at radius 2 is 1.86 bits per heavy atom. The highest BCUT2D eigenvalue weighted by atomic mass is 16.5. The summed E-state index contributed by atoms with van der Waals surface area (Å²) in [5.74, 6) is -0.899. The topological polar surface area (TPSA) is 106 Å². The highest BCUT2D eigenvalue weighted by Gasteiger charge is 2.14. The van der Waals surface area contributed by atoms with Crippen LogP contribution in [0.25, 0.3) is 11.0 Å². The van der Waals surface area contributed by atoms with Gasteiger partial charge in [-0.3, -0.25) is 9.59 Å². The first-order valence-electron chi connectivity index (χ1n) is 9.27. The van der Waals surface area contributed by atoms with E-state index < -0.39 is 17.5 Å². The van der Waals surface area contributed by atoms with E-state index >= 15 is 0 Å². The number of carboxylic acids is 1. The van der Waals surface area contributed by atoms with Crippen LogP contribution in [0, 0.1) is 0 Å². The number of carbonyl (C=O) groups excluding carboxylic acids is 1. The van der Waals surface area contributed by atoms with Crippen molar-refractivity contribution in [2.45, 2.75) is 19.3 Å². The Balaban J connectivity index is 1.64. The van der Waals surface area contributed by atoms with Gasteiger partial charge in [-0.2, -0.15) is 0 Å². The van der Waals surface area contributed by atoms with Gasteiger partial charge in [0, 0.05) is 24.4 Å². The number of aliphatic carboxylic acids is 1. The summed E-state index contributed by atoms with van der Waals surface area (Å²) in [4.78, 5) is 35.1. The highest BCUT2D eigenvalue weighted by Crippen LogP contribution is 2.21. The summed E-state index contributed by atoms with van der Waals surface area (Å²) in [5.41, 5.74) is 0.610. The molecule has 0 saturated carbocycles. The van der Waals surface area contributed by atoms with E-state index in [1.165, 1.54) is 6.07 Å². The molecular formula is C22H21NO6. The maximum absolute atomic E-state index is 12.4. The summed E-state index contributed by atoms with van der Waals surface area (Å²) in [7, 11) is 0. The first-order chi connectivity index (χ1) is 14.0. The normalized spacial score (nSPS) is 10.6. The summed E-state index contributed by atoms with van der Waals surface area (Å²) < 4.78 is 10.7. The number of benzene rings is 2. The molecule has 0 saturated heterocycles. The van der Waals surface area contributed by atoms with Crippen LogP contribution >= 0.6 is 0 Å². The van der Waals surface area contributed by atoms with Gasteiger partial charge in [-0.15, -0.1) is 0 Å². The first kappa shape index (κ1) is 20.1. The van der Waals surface area contributed by atoms with Crippen molar-refractivity contribution in [3.05, 3.63) is 76.1 Å². The van der Waals surface area contributed by atoms with Gasteiger partial charge < -0.3 is 19.6 Å². The fraction of sp³-hybridized carbons (Fsp3) is 0.227. The van der Waals surface area contributed by atoms with Crippen LogP contribution in [-0.2, 0) is 11.2 Å². The first-order valence-corrected chi connectivity index (χ1v) is 9.27. The lowest BCUT2D eigenvalue weighted by atomic mass is 10.1. The second-order valence-electron chi connectivity index (χ2n) is 6.48. The maximum atomic E-state index is 12.4. The van der Waals surface area contributed by atoms with Gasteiger partial charge in [0.2, 0.25) is 0 Å². The maximum Gasteiger partial charge on any atom is 0.349 e. The van der Waals surface area contributed by atoms with Crippen LogP contribution in [0.15, 0.2) is 63.8 Å². The number of fused-ring (bicyclic) bond motifs is 1. The summed E-state index contributed by atoms with van der Waals surface area (Å²) in [6, 6.07) is 16.1. The molecule has 0 radical (unpaired) electrons. The third-order valence-corrected chi connectivity index (χ3v) is 4.30. The molecule has 3 aromatic rings. The molecule has 1 heterocycles. The van der Waals surface area contributed by atoms with E-state index in [1.807, 2.05) is 30.3 Å². The molecule has 0 fully saturated rings. The van der Waals surface area contributed by atoms with Gasteiger partial charge in [0.25, 0.3) is 5.91 Å². The Morgan fingerprint density at radius 3 is 2.62 bits per heavy atom. The number of ether oxygens (including phenoxy) is 1. The second kappa shape index (κ2) is 9.54. The lowest BCUT2D eigenvalue weighted by molar-refractivity contribution is -0.137. The van der Waals surface area contributed by atoms with Crippen LogP contribution in [0.3, 0.4) is 0 Å². The van der Waals surface area contributed by atoms with Crippen molar-refractivity contribution in [2.24, 2.45) is 0 Å². The smallest absolute Gasteiger partial charge is 0.349 e. The van der Waals surface area contributed by atoms with Crippen molar-refractivity contribution < 1.29 is 23.8 Å². The highest BCUT2D eigenvalue weighted by molar-refractivity contribution is 5.96. The van der Waals surface area contributed by atoms with Gasteiger partial charge >= 0.3 is 11.6 Å². The minimum absolute atomic E-state index is 0.0193. The molecule has 1 aromatic heterocycles. The lowest BCUT2D eigenvalue weighted by Crippen LogP contribution is -2.29. The third kappa shape index (κ3) is 5.68. The minimum atomic E-state index is -0.882. The molecule has 0 bridgehead atoms. The molecular weight excluding hydrogens is 374 g/mol. The average molecular weight is 395 g/mol. The average Bonchev–Trinajstić information content (AvgIpc) is 2.71. The summed E-state index contributed by atoms with van der Waals surface area (Å²) in [6.45, 7) is 0.646. The molecule has 0 unspecified atom stereocenters. The van der Waals surface area contributed by atoms with E-state index in [2.05, 4.69) is 5.32 Å². The lowest BCUT2D eigenvalue weighted by Gasteiger charge is -2.08. The fourth-order valence-corrected chi connectivity index (χ4v) is 2.81. The molecule has 7 heteroatoms. The van der Waals surface area contributed by atoms with Crippen molar-refractivity contribution in [1.29, 1.82) is 0 Å². The Bertz CT molecular complexity index is 1060. The van der Waals surface area contributed by atoms with E-state index in [4.69, 9.17) is 14.3 Å². The number of carbonyl (C=O) groups is 2. The zero-order chi connectivity index (χ0) is 20.6. The van der Waals surface area contributed by atoms with E-state index in [-0.39, 0.29) is 18.6 Å². The van der Waals surface area contributed by atoms with Crippen LogP contribution < -0.4 is 15.7 Å². The fourth-order valence-electron chi connectivity index (χ4n) is 2.81. The molecule has 0 aliphatic carbocycles. The molecule has 3 rings (SSSR count). The van der Waals surface area contributed by atoms with Crippen LogP contribution in [0.2, 0.25) is 0 Å². The van der Waals surface area contributed by atoms with Gasteiger partial charge in [-0.25, -0.2) is 4.79 Å². The van der Waals surface area contributed by atoms with Crippen molar-refractivity contribution in [3.8, 4) is 5.75 Å². The number of rotatable bonds is 9. The molecule has 0 aliphatic rings. The van der Waals surface area contributed by atoms with Crippen molar-refractivity contribution in [2.75, 3.05) is 13.2 Å². The third-order valence-electron chi connectivity index (χ3n) is 4.30. The molecule has 29 heavy (non-hydrogen) atoms. The number of nitrogens with one attached hydrogen (secondary N) is 1.